The van der Waals surface area contributed by atoms with Crippen LogP contribution in [0.25, 0.3) is 0 Å². The van der Waals surface area contributed by atoms with Gasteiger partial charge in [-0.3, -0.25) is 30.3 Å². The van der Waals surface area contributed by atoms with Gasteiger partial charge in [-0.2, -0.15) is 0 Å². The summed E-state index contributed by atoms with van der Waals surface area (Å²) in [5.74, 6) is -3.73. The van der Waals surface area contributed by atoms with Crippen molar-refractivity contribution in [2.24, 2.45) is 23.5 Å². The van der Waals surface area contributed by atoms with Gasteiger partial charge in [-0.15, -0.1) is 0 Å². The summed E-state index contributed by atoms with van der Waals surface area (Å²) in [6.45, 7) is 10.5. The third kappa shape index (κ3) is 20.5. The number of nitrogens with two attached hydrogens (primary N) is 1. The molecule has 10 N–H and O–H groups in total. The molecule has 4 bridgehead atoms. The van der Waals surface area contributed by atoms with Crippen molar-refractivity contribution in [2.75, 3.05) is 54.0 Å². The Morgan fingerprint density at radius 2 is 1.71 bits per heavy atom. The van der Waals surface area contributed by atoms with Crippen LogP contribution in [-0.2, 0) is 49.3 Å². The number of rotatable bonds is 25. The van der Waals surface area contributed by atoms with Crippen LogP contribution in [0.15, 0.2) is 58.6 Å². The summed E-state index contributed by atoms with van der Waals surface area (Å²) in [5, 5.41) is 40.9. The second-order valence-corrected chi connectivity index (χ2v) is 24.0. The molecule has 2 aromatic rings. The lowest BCUT2D eigenvalue weighted by Crippen LogP contribution is -2.64. The number of ether oxygens (including phenoxy) is 5. The topological polar surface area (TPSA) is 325 Å². The van der Waals surface area contributed by atoms with Crippen molar-refractivity contribution < 1.29 is 72.3 Å². The number of nitrogens with zero attached hydrogens (tertiary/aromatic N) is 1. The number of anilines is 3. The van der Waals surface area contributed by atoms with Crippen LogP contribution in [0.4, 0.5) is 31.4 Å². The fourth-order valence-electron chi connectivity index (χ4n) is 9.70. The third-order valence-corrected chi connectivity index (χ3v) is 17.6. The van der Waals surface area contributed by atoms with E-state index in [1.54, 1.807) is 58.1 Å². The van der Waals surface area contributed by atoms with Crippen LogP contribution >= 0.6 is 59.4 Å². The summed E-state index contributed by atoms with van der Waals surface area (Å²) < 4.78 is 29.1. The first-order chi connectivity index (χ1) is 39.7. The van der Waals surface area contributed by atoms with Crippen LogP contribution in [-0.4, -0.2) is 157 Å². The summed E-state index contributed by atoms with van der Waals surface area (Å²) in [4.78, 5) is 106. The minimum Gasteiger partial charge on any atom is -0.495 e. The van der Waals surface area contributed by atoms with Crippen molar-refractivity contribution in [3.63, 3.8) is 0 Å². The number of alkyl halides is 2. The Balaban J connectivity index is 1.57. The first-order valence-electron chi connectivity index (χ1n) is 27.5. The molecule has 1 saturated heterocycles. The van der Waals surface area contributed by atoms with Crippen molar-refractivity contribution in [2.45, 2.75) is 153 Å². The molecule has 11 atom stereocenters. The summed E-state index contributed by atoms with van der Waals surface area (Å²) in [6, 6.07) is 4.29. The van der Waals surface area contributed by atoms with E-state index >= 15 is 0 Å². The number of benzene rings is 2. The average molecular weight is 1390 g/mol. The summed E-state index contributed by atoms with van der Waals surface area (Å²) in [5.41, 5.74) is 4.54. The number of carbonyl (C=O) groups is 8. The first-order valence-corrected chi connectivity index (χ1v) is 30.9. The number of nitrogens with one attached hydrogen (secondary N) is 6. The molecular formula is C57H80Br3ClN8O15. The first kappa shape index (κ1) is 71.3. The maximum atomic E-state index is 14.4. The number of urea groups is 1. The van der Waals surface area contributed by atoms with Crippen molar-refractivity contribution in [3.8, 4) is 5.75 Å². The monoisotopic (exact) mass is 1390 g/mol. The van der Waals surface area contributed by atoms with Gasteiger partial charge in [0.25, 0.3) is 0 Å². The second kappa shape index (κ2) is 33.6. The van der Waals surface area contributed by atoms with Gasteiger partial charge >= 0.3 is 18.2 Å². The molecule has 2 aliphatic rings. The fraction of sp³-hybridized carbons (Fsp3) is 0.579. The summed E-state index contributed by atoms with van der Waals surface area (Å²) in [7, 11) is 4.32. The van der Waals surface area contributed by atoms with Gasteiger partial charge in [0.2, 0.25) is 17.7 Å². The van der Waals surface area contributed by atoms with Crippen LogP contribution < -0.4 is 47.3 Å². The minimum absolute atomic E-state index is 0.0548. The van der Waals surface area contributed by atoms with Crippen LogP contribution in [0.1, 0.15) is 92.1 Å². The molecule has 27 heteroatoms. The zero-order chi connectivity index (χ0) is 62.6. The number of aliphatic hydroxyl groups excluding tert-OH is 1. The third-order valence-electron chi connectivity index (χ3n) is 14.7. The van der Waals surface area contributed by atoms with E-state index in [2.05, 4.69) is 79.7 Å². The van der Waals surface area contributed by atoms with Crippen molar-refractivity contribution >= 4 is 125 Å². The highest BCUT2D eigenvalue weighted by atomic mass is 79.9. The Labute approximate surface area is 520 Å². The lowest BCUT2D eigenvalue weighted by atomic mass is 9.81. The molecule has 466 valence electrons. The molecule has 0 aliphatic carbocycles. The van der Waals surface area contributed by atoms with Gasteiger partial charge in [0.05, 0.1) is 49.2 Å². The highest BCUT2D eigenvalue weighted by Gasteiger charge is 2.49. The number of amides is 7. The second-order valence-electron chi connectivity index (χ2n) is 21.6. The zero-order valence-electron chi connectivity index (χ0n) is 48.6. The van der Waals surface area contributed by atoms with E-state index in [1.807, 2.05) is 13.8 Å². The van der Waals surface area contributed by atoms with E-state index in [0.717, 1.165) is 17.4 Å². The Bertz CT molecular complexity index is 2690. The molecule has 23 nitrogen and oxygen atoms in total. The van der Waals surface area contributed by atoms with E-state index in [1.165, 1.54) is 44.4 Å². The van der Waals surface area contributed by atoms with Gasteiger partial charge in [-0.25, -0.2) is 14.4 Å². The minimum atomic E-state index is -1.97. The number of carbonyl (C=O) groups excluding carboxylic acids is 8. The number of halogens is 4. The highest BCUT2D eigenvalue weighted by Crippen LogP contribution is 2.38. The molecule has 2 aliphatic heterocycles. The summed E-state index contributed by atoms with van der Waals surface area (Å²) in [6.07, 6.45) is 0.692. The average Bonchev–Trinajstić information content (AvgIpc) is 2.43. The predicted molar refractivity (Wildman–Crippen MR) is 329 cm³/mol. The number of aliphatic hydroxyl groups is 2. The Morgan fingerprint density at radius 3 is 2.32 bits per heavy atom. The molecule has 2 heterocycles. The number of hydrogen-bond acceptors (Lipinski definition) is 16. The molecule has 7 amide bonds. The number of allylic oxidation sites excluding steroid dienone is 3. The number of aldehydes is 2. The molecule has 0 aromatic heterocycles. The van der Waals surface area contributed by atoms with Crippen molar-refractivity contribution in [3.05, 3.63) is 69.2 Å². The van der Waals surface area contributed by atoms with Gasteiger partial charge in [-0.05, 0) is 110 Å². The number of methoxy groups -OCH3 is 2. The molecule has 1 fully saturated rings. The SMILES string of the molecule is COc1cc2cc(c1Cl)N(C)C(=O)C[C@H](OC(=O)Nc1ccc(NC(=O)[C@H](CCCNC(N)=O)NC(=O)[C@@H](NC(C=O)CCCC(C)OC(C=O)(CBr)CBr)C(C)C)c(Br)c1)[C@@H](C)[C@@H](O)[C@H](C)[C@@H]1C[C@@](O)(NC(=O)O1)[C@H](OC)/C=C/C=C(\C)C2. The standard InChI is InChI=1S/C57H80Br3ClN8O15/c1-31(2)49(64-38(27-70)15-11-14-33(4)84-56(28-58,29-59)30-71)52(75)67-41(16-12-20-63-53(62)76)51(74)66-40-19-18-37(24-39(40)60)65-54(77)82-43-25-47(72)69(7)42-22-36(23-44(80-8)48(42)61)21-32(3)13-10-17-46(81-9)57(79)26-45(83-55(78)68-57)35(6)50(73)34(43)5/h10,13,17-19,22-24,27,30-31,33-35,38,41,43,45-46,49-50,64,73,79H,11-12,14-16,20-21,25-26,28-29H2,1-9H3,(H,65,77)(H,66,74)(H,67,75)(H,68,78)(H3,62,63,76)/b17-10+,32-13+/t33?,34-,35-,38?,41+,43+,45+,46-,49+,50-,57+/m1/s1. The van der Waals surface area contributed by atoms with Crippen LogP contribution in [0, 0.1) is 17.8 Å². The largest absolute Gasteiger partial charge is 0.495 e. The lowest BCUT2D eigenvalue weighted by molar-refractivity contribution is -0.152. The maximum absolute atomic E-state index is 14.4. The zero-order valence-corrected chi connectivity index (χ0v) is 54.2. The maximum Gasteiger partial charge on any atom is 0.411 e. The van der Waals surface area contributed by atoms with E-state index in [-0.39, 0.29) is 58.7 Å². The molecule has 2 unspecified atom stereocenters. The van der Waals surface area contributed by atoms with Gasteiger partial charge in [0.15, 0.2) is 12.0 Å². The fourth-order valence-corrected chi connectivity index (χ4v) is 11.9. The van der Waals surface area contributed by atoms with Crippen molar-refractivity contribution in [1.29, 1.82) is 0 Å². The predicted octanol–water partition coefficient (Wildman–Crippen LogP) is 7.33. The molecular weight excluding hydrogens is 1310 g/mol. The van der Waals surface area contributed by atoms with E-state index < -0.39 is 108 Å². The Hall–Kier alpha value is -5.19. The van der Waals surface area contributed by atoms with E-state index in [0.29, 0.717) is 54.1 Å². The van der Waals surface area contributed by atoms with Gasteiger partial charge in [0.1, 0.15) is 47.0 Å². The van der Waals surface area contributed by atoms with Gasteiger partial charge in [-0.1, -0.05) is 95.0 Å². The molecule has 0 saturated carbocycles. The number of primary amides is 1. The molecule has 0 radical (unpaired) electrons. The quantitative estimate of drug-likeness (QED) is 0.0267. The highest BCUT2D eigenvalue weighted by molar-refractivity contribution is 9.10. The normalized spacial score (nSPS) is 23.9. The smallest absolute Gasteiger partial charge is 0.411 e. The van der Waals surface area contributed by atoms with Crippen LogP contribution in [0.5, 0.6) is 5.75 Å². The van der Waals surface area contributed by atoms with E-state index in [9.17, 15) is 48.6 Å². The number of hydrogen-bond donors (Lipinski definition) is 9. The summed E-state index contributed by atoms with van der Waals surface area (Å²) >= 11 is 16.9. The molecule has 84 heavy (non-hydrogen) atoms. The Kier molecular flexibility index (Phi) is 28.6. The van der Waals surface area contributed by atoms with Gasteiger partial charge in [0, 0.05) is 59.8 Å². The van der Waals surface area contributed by atoms with Crippen LogP contribution in [0.2, 0.25) is 5.02 Å². The molecule has 2 aromatic carbocycles. The molecule has 0 spiro atoms. The Morgan fingerprint density at radius 1 is 1.01 bits per heavy atom. The van der Waals surface area contributed by atoms with Crippen LogP contribution in [0.3, 0.4) is 0 Å². The lowest BCUT2D eigenvalue weighted by Gasteiger charge is -2.43. The van der Waals surface area contributed by atoms with Crippen molar-refractivity contribution in [1.82, 2.24) is 21.3 Å². The molecule has 4 rings (SSSR count). The number of alkyl carbamates (subject to hydrolysis) is 1. The van der Waals surface area contributed by atoms with Gasteiger partial charge < -0.3 is 70.1 Å². The number of fused-ring (bicyclic) bond motifs is 4. The van der Waals surface area contributed by atoms with E-state index in [4.69, 9.17) is 41.0 Å².